The van der Waals surface area contributed by atoms with Crippen molar-refractivity contribution >= 4 is 22.7 Å². The maximum Gasteiger partial charge on any atom is 0.258 e. The van der Waals surface area contributed by atoms with Crippen molar-refractivity contribution in [3.8, 4) is 34.0 Å². The van der Waals surface area contributed by atoms with E-state index in [1.54, 1.807) is 35.2 Å². The van der Waals surface area contributed by atoms with Crippen molar-refractivity contribution in [2.75, 3.05) is 82.9 Å². The molecule has 2 aliphatic rings. The van der Waals surface area contributed by atoms with Gasteiger partial charge in [-0.2, -0.15) is 0 Å². The standard InChI is InChI=1S/C21H24N4O2.C20H22N4O2/c1-3-23-9-11-24(12-10-23)17-7-8-20-22-19(14-21(26)25(20)15-17)16-5-4-6-18(13-16)27-2;1-26-17-5-2-4-15(12-17)18-13-20(25)24-14-16(6-7-19(24)22-18)23-10-3-8-21-9-11-23/h4-8,13-15H,3,9-12H2,1-2H3;2,4-7,12-14,21H,3,8-11H2,1H3. The number of rotatable bonds is 7. The molecule has 6 aromatic rings. The highest BCUT2D eigenvalue weighted by Gasteiger charge is 2.17. The number of anilines is 2. The quantitative estimate of drug-likeness (QED) is 0.251. The molecule has 8 rings (SSSR count). The second-order valence-corrected chi connectivity index (χ2v) is 13.2. The Labute approximate surface area is 308 Å². The van der Waals surface area contributed by atoms with Gasteiger partial charge in [-0.3, -0.25) is 18.4 Å². The lowest BCUT2D eigenvalue weighted by atomic mass is 10.1. The minimum absolute atomic E-state index is 0.0770. The predicted molar refractivity (Wildman–Crippen MR) is 211 cm³/mol. The van der Waals surface area contributed by atoms with Crippen LogP contribution in [-0.2, 0) is 0 Å². The molecule has 0 atom stereocenters. The lowest BCUT2D eigenvalue weighted by molar-refractivity contribution is 0.271. The Morgan fingerprint density at radius 1 is 0.623 bits per heavy atom. The van der Waals surface area contributed by atoms with Crippen LogP contribution in [0.1, 0.15) is 13.3 Å². The van der Waals surface area contributed by atoms with Gasteiger partial charge in [0.05, 0.1) is 37.0 Å². The third kappa shape index (κ3) is 8.19. The molecule has 2 aromatic carbocycles. The second kappa shape index (κ2) is 16.3. The van der Waals surface area contributed by atoms with Crippen molar-refractivity contribution in [1.82, 2.24) is 29.0 Å². The van der Waals surface area contributed by atoms with Gasteiger partial charge in [-0.1, -0.05) is 31.2 Å². The fraction of sp³-hybridized carbons (Fsp3) is 0.317. The molecule has 12 nitrogen and oxygen atoms in total. The summed E-state index contributed by atoms with van der Waals surface area (Å²) in [5.41, 5.74) is 6.30. The Morgan fingerprint density at radius 3 is 1.66 bits per heavy atom. The molecule has 0 aliphatic carbocycles. The van der Waals surface area contributed by atoms with E-state index in [1.165, 1.54) is 0 Å². The SMILES string of the molecule is CCN1CCN(c2ccc3nc(-c4cccc(OC)c4)cc(=O)n3c2)CC1.COc1cccc(-c2cc(=O)n3cc(N4CCCNCC4)ccc3n2)c1. The number of likely N-dealkylation sites (N-methyl/N-ethyl adjacent to an activating group) is 1. The average Bonchev–Trinajstić information content (AvgIpc) is 3.51. The van der Waals surface area contributed by atoms with Gasteiger partial charge in [0.2, 0.25) is 0 Å². The summed E-state index contributed by atoms with van der Waals surface area (Å²) in [4.78, 5) is 41.8. The van der Waals surface area contributed by atoms with Crippen LogP contribution in [0.4, 0.5) is 11.4 Å². The molecule has 6 heterocycles. The molecule has 0 amide bonds. The minimum atomic E-state index is -0.0809. The van der Waals surface area contributed by atoms with Crippen molar-refractivity contribution in [2.24, 2.45) is 0 Å². The third-order valence-electron chi connectivity index (χ3n) is 9.91. The summed E-state index contributed by atoms with van der Waals surface area (Å²) in [7, 11) is 3.26. The summed E-state index contributed by atoms with van der Waals surface area (Å²) in [6.07, 6.45) is 4.90. The van der Waals surface area contributed by atoms with E-state index in [-0.39, 0.29) is 11.1 Å². The Bertz CT molecular complexity index is 2310. The molecule has 0 unspecified atom stereocenters. The summed E-state index contributed by atoms with van der Waals surface area (Å²) in [5.74, 6) is 1.49. The molecular weight excluding hydrogens is 669 g/mol. The van der Waals surface area contributed by atoms with Crippen LogP contribution >= 0.6 is 0 Å². The van der Waals surface area contributed by atoms with Gasteiger partial charge >= 0.3 is 0 Å². The molecule has 12 heteroatoms. The molecule has 0 saturated carbocycles. The summed E-state index contributed by atoms with van der Waals surface area (Å²) >= 11 is 0. The largest absolute Gasteiger partial charge is 0.497 e. The van der Waals surface area contributed by atoms with Crippen molar-refractivity contribution in [3.05, 3.63) is 118 Å². The van der Waals surface area contributed by atoms with E-state index < -0.39 is 0 Å². The number of hydrogen-bond donors (Lipinski definition) is 1. The Hall–Kier alpha value is -5.72. The predicted octanol–water partition coefficient (Wildman–Crippen LogP) is 4.68. The van der Waals surface area contributed by atoms with Gasteiger partial charge in [-0.05, 0) is 68.0 Å². The number of benzene rings is 2. The number of ether oxygens (including phenoxy) is 2. The van der Waals surface area contributed by atoms with Crippen LogP contribution in [0.15, 0.2) is 107 Å². The van der Waals surface area contributed by atoms with Crippen molar-refractivity contribution in [2.45, 2.75) is 13.3 Å². The smallest absolute Gasteiger partial charge is 0.258 e. The minimum Gasteiger partial charge on any atom is -0.497 e. The normalized spacial score (nSPS) is 15.2. The Morgan fingerprint density at radius 2 is 1.15 bits per heavy atom. The van der Waals surface area contributed by atoms with Crippen LogP contribution < -0.4 is 35.7 Å². The summed E-state index contributed by atoms with van der Waals surface area (Å²) < 4.78 is 13.8. The Balaban J connectivity index is 0.000000164. The van der Waals surface area contributed by atoms with E-state index in [4.69, 9.17) is 9.47 Å². The van der Waals surface area contributed by atoms with Crippen molar-refractivity contribution in [3.63, 3.8) is 0 Å². The zero-order valence-electron chi connectivity index (χ0n) is 30.6. The molecule has 0 spiro atoms. The van der Waals surface area contributed by atoms with Gasteiger partial charge in [0.1, 0.15) is 22.8 Å². The molecule has 2 fully saturated rings. The molecule has 274 valence electrons. The fourth-order valence-corrected chi connectivity index (χ4v) is 6.84. The first-order valence-electron chi connectivity index (χ1n) is 18.2. The van der Waals surface area contributed by atoms with E-state index >= 15 is 0 Å². The summed E-state index contributed by atoms with van der Waals surface area (Å²) in [5, 5.41) is 3.40. The molecule has 1 N–H and O–H groups in total. The van der Waals surface area contributed by atoms with Crippen LogP contribution in [-0.4, -0.2) is 96.8 Å². The maximum atomic E-state index is 12.7. The van der Waals surface area contributed by atoms with Crippen LogP contribution in [0.5, 0.6) is 11.5 Å². The van der Waals surface area contributed by atoms with E-state index in [0.717, 1.165) is 99.3 Å². The van der Waals surface area contributed by atoms with Gasteiger partial charge < -0.3 is 29.5 Å². The fourth-order valence-electron chi connectivity index (χ4n) is 6.84. The summed E-state index contributed by atoms with van der Waals surface area (Å²) in [6, 6.07) is 26.3. The number of nitrogens with zero attached hydrogens (tertiary/aromatic N) is 7. The summed E-state index contributed by atoms with van der Waals surface area (Å²) in [6.45, 7) is 11.3. The van der Waals surface area contributed by atoms with E-state index in [9.17, 15) is 9.59 Å². The van der Waals surface area contributed by atoms with Crippen LogP contribution in [0.25, 0.3) is 33.8 Å². The zero-order chi connectivity index (χ0) is 36.7. The second-order valence-electron chi connectivity index (χ2n) is 13.2. The van der Waals surface area contributed by atoms with E-state index in [2.05, 4.69) is 43.0 Å². The lowest BCUT2D eigenvalue weighted by Gasteiger charge is -2.35. The molecule has 53 heavy (non-hydrogen) atoms. The highest BCUT2D eigenvalue weighted by atomic mass is 16.5. The molecule has 0 radical (unpaired) electrons. The number of nitrogens with one attached hydrogen (secondary N) is 1. The average molecular weight is 715 g/mol. The zero-order valence-corrected chi connectivity index (χ0v) is 30.6. The number of pyridine rings is 2. The van der Waals surface area contributed by atoms with E-state index in [1.807, 2.05) is 79.1 Å². The van der Waals surface area contributed by atoms with Crippen molar-refractivity contribution < 1.29 is 9.47 Å². The number of piperazine rings is 1. The topological polar surface area (TPSA) is 109 Å². The van der Waals surface area contributed by atoms with Crippen molar-refractivity contribution in [1.29, 1.82) is 0 Å². The maximum absolute atomic E-state index is 12.7. The molecular formula is C41H46N8O4. The number of aromatic nitrogens is 4. The Kier molecular flexibility index (Phi) is 11.0. The highest BCUT2D eigenvalue weighted by molar-refractivity contribution is 5.65. The first-order chi connectivity index (χ1) is 25.9. The van der Waals surface area contributed by atoms with Gasteiger partial charge in [0.15, 0.2) is 0 Å². The lowest BCUT2D eigenvalue weighted by Crippen LogP contribution is -2.46. The third-order valence-corrected chi connectivity index (χ3v) is 9.91. The molecule has 0 bridgehead atoms. The highest BCUT2D eigenvalue weighted by Crippen LogP contribution is 2.24. The first-order valence-corrected chi connectivity index (χ1v) is 18.2. The van der Waals surface area contributed by atoms with Crippen LogP contribution in [0.2, 0.25) is 0 Å². The van der Waals surface area contributed by atoms with Gasteiger partial charge in [-0.15, -0.1) is 0 Å². The number of methoxy groups -OCH3 is 2. The number of fused-ring (bicyclic) bond motifs is 2. The van der Waals surface area contributed by atoms with Gasteiger partial charge in [0, 0.05) is 81.5 Å². The molecule has 4 aromatic heterocycles. The number of hydrogen-bond acceptors (Lipinski definition) is 10. The first kappa shape index (κ1) is 35.7. The van der Waals surface area contributed by atoms with Crippen LogP contribution in [0, 0.1) is 0 Å². The monoisotopic (exact) mass is 714 g/mol. The molecule has 2 aliphatic heterocycles. The van der Waals surface area contributed by atoms with Gasteiger partial charge in [0.25, 0.3) is 11.1 Å². The van der Waals surface area contributed by atoms with E-state index in [0.29, 0.717) is 22.7 Å². The van der Waals surface area contributed by atoms with Crippen LogP contribution in [0.3, 0.4) is 0 Å². The van der Waals surface area contributed by atoms with Gasteiger partial charge in [-0.25, -0.2) is 9.97 Å². The molecule has 2 saturated heterocycles.